The van der Waals surface area contributed by atoms with E-state index in [0.717, 1.165) is 45.0 Å². The van der Waals surface area contributed by atoms with Gasteiger partial charge in [-0.25, -0.2) is 9.59 Å². The van der Waals surface area contributed by atoms with Crippen molar-refractivity contribution in [1.29, 1.82) is 0 Å². The molecule has 0 radical (unpaired) electrons. The molecule has 4 rings (SSSR count). The summed E-state index contributed by atoms with van der Waals surface area (Å²) in [6, 6.07) is 29.4. The minimum Gasteiger partial charge on any atom is -0.489 e. The molecule has 0 amide bonds. The molecule has 0 saturated carbocycles. The van der Waals surface area contributed by atoms with E-state index in [2.05, 4.69) is 88.7 Å². The molecule has 0 aromatic heterocycles. The standard InChI is InChI=1S/C27H30N2O.C2H2O4/c1-3-8-24(9-4-1)12-7-17-28-18-20-29(21-19-28)22-25-13-15-27(16-14-25)30-23-26-10-5-2-6-11-26;3-1(4)2(5)6/h1-16H,17-23H2;(H,3,4)(H,5,6)/b12-7+;. The molecule has 1 fully saturated rings. The average molecular weight is 489 g/mol. The van der Waals surface area contributed by atoms with Crippen LogP contribution in [0.2, 0.25) is 0 Å². The van der Waals surface area contributed by atoms with Crippen LogP contribution >= 0.6 is 0 Å². The third kappa shape index (κ3) is 9.74. The second-order valence-corrected chi connectivity index (χ2v) is 8.42. The van der Waals surface area contributed by atoms with Crippen LogP contribution in [0, 0.1) is 0 Å². The van der Waals surface area contributed by atoms with Gasteiger partial charge in [0.2, 0.25) is 0 Å². The largest absolute Gasteiger partial charge is 0.489 e. The fourth-order valence-electron chi connectivity index (χ4n) is 3.72. The Morgan fingerprint density at radius 3 is 1.86 bits per heavy atom. The highest BCUT2D eigenvalue weighted by Gasteiger charge is 2.16. The zero-order valence-electron chi connectivity index (χ0n) is 20.2. The quantitative estimate of drug-likeness (QED) is 0.458. The van der Waals surface area contributed by atoms with Crippen molar-refractivity contribution in [3.8, 4) is 5.75 Å². The first-order chi connectivity index (χ1) is 17.5. The molecule has 1 heterocycles. The van der Waals surface area contributed by atoms with Crippen LogP contribution in [0.4, 0.5) is 0 Å². The first-order valence-electron chi connectivity index (χ1n) is 11.9. The summed E-state index contributed by atoms with van der Waals surface area (Å²) in [4.78, 5) is 23.3. The topological polar surface area (TPSA) is 90.3 Å². The van der Waals surface area contributed by atoms with Gasteiger partial charge in [0.05, 0.1) is 0 Å². The van der Waals surface area contributed by atoms with Gasteiger partial charge in [0.15, 0.2) is 0 Å². The van der Waals surface area contributed by atoms with Crippen molar-refractivity contribution in [3.63, 3.8) is 0 Å². The second kappa shape index (κ2) is 14.5. The van der Waals surface area contributed by atoms with Crippen LogP contribution in [-0.2, 0) is 22.7 Å². The van der Waals surface area contributed by atoms with Crippen molar-refractivity contribution in [3.05, 3.63) is 108 Å². The molecule has 0 atom stereocenters. The number of carbonyl (C=O) groups is 2. The van der Waals surface area contributed by atoms with Gasteiger partial charge < -0.3 is 14.9 Å². The monoisotopic (exact) mass is 488 g/mol. The Balaban J connectivity index is 0.000000538. The Bertz CT molecular complexity index is 1080. The summed E-state index contributed by atoms with van der Waals surface area (Å²) in [5, 5.41) is 14.8. The lowest BCUT2D eigenvalue weighted by atomic mass is 10.2. The summed E-state index contributed by atoms with van der Waals surface area (Å²) in [5.74, 6) is -2.72. The smallest absolute Gasteiger partial charge is 0.414 e. The number of aliphatic carboxylic acids is 2. The van der Waals surface area contributed by atoms with E-state index in [9.17, 15) is 0 Å². The zero-order valence-corrected chi connectivity index (χ0v) is 20.2. The normalized spacial score (nSPS) is 14.1. The zero-order chi connectivity index (χ0) is 25.6. The van der Waals surface area contributed by atoms with E-state index in [1.54, 1.807) is 0 Å². The third-order valence-electron chi connectivity index (χ3n) is 5.70. The van der Waals surface area contributed by atoms with E-state index in [1.165, 1.54) is 16.7 Å². The Labute approximate surface area is 211 Å². The molecule has 2 N–H and O–H groups in total. The fraction of sp³-hybridized carbons (Fsp3) is 0.241. The minimum atomic E-state index is -1.82. The molecular weight excluding hydrogens is 456 g/mol. The minimum absolute atomic E-state index is 0.612. The molecule has 3 aromatic carbocycles. The molecule has 0 aliphatic carbocycles. The van der Waals surface area contributed by atoms with Crippen LogP contribution < -0.4 is 4.74 Å². The molecule has 1 aliphatic rings. The Hall–Kier alpha value is -3.94. The summed E-state index contributed by atoms with van der Waals surface area (Å²) in [7, 11) is 0. The molecule has 1 aliphatic heterocycles. The Morgan fingerprint density at radius 2 is 1.28 bits per heavy atom. The van der Waals surface area contributed by atoms with Crippen molar-refractivity contribution in [2.24, 2.45) is 0 Å². The van der Waals surface area contributed by atoms with Gasteiger partial charge in [-0.1, -0.05) is 84.9 Å². The van der Waals surface area contributed by atoms with Crippen molar-refractivity contribution in [2.75, 3.05) is 32.7 Å². The third-order valence-corrected chi connectivity index (χ3v) is 5.70. The van der Waals surface area contributed by atoms with Gasteiger partial charge >= 0.3 is 11.9 Å². The van der Waals surface area contributed by atoms with E-state index >= 15 is 0 Å². The first-order valence-corrected chi connectivity index (χ1v) is 11.9. The number of carboxylic acid groups (broad SMARTS) is 2. The van der Waals surface area contributed by atoms with E-state index in [4.69, 9.17) is 24.5 Å². The maximum Gasteiger partial charge on any atom is 0.414 e. The van der Waals surface area contributed by atoms with Crippen molar-refractivity contribution in [1.82, 2.24) is 9.80 Å². The summed E-state index contributed by atoms with van der Waals surface area (Å²) in [5.41, 5.74) is 3.81. The predicted molar refractivity (Wildman–Crippen MR) is 140 cm³/mol. The number of nitrogens with zero attached hydrogens (tertiary/aromatic N) is 2. The molecule has 0 spiro atoms. The number of hydrogen-bond acceptors (Lipinski definition) is 5. The van der Waals surface area contributed by atoms with Crippen LogP contribution in [0.25, 0.3) is 6.08 Å². The molecule has 0 bridgehead atoms. The highest BCUT2D eigenvalue weighted by atomic mass is 16.5. The van der Waals surface area contributed by atoms with E-state index in [-0.39, 0.29) is 0 Å². The first kappa shape index (κ1) is 26.7. The fourth-order valence-corrected chi connectivity index (χ4v) is 3.72. The molecule has 7 heteroatoms. The van der Waals surface area contributed by atoms with Gasteiger partial charge in [0, 0.05) is 39.3 Å². The summed E-state index contributed by atoms with van der Waals surface area (Å²) in [6.07, 6.45) is 4.49. The Kier molecular flexibility index (Phi) is 10.7. The number of rotatable bonds is 8. The van der Waals surface area contributed by atoms with E-state index in [1.807, 2.05) is 18.2 Å². The SMILES string of the molecule is C(=C\c1ccccc1)/CN1CCN(Cc2ccc(OCc3ccccc3)cc2)CC1.O=C(O)C(=O)O. The molecule has 7 nitrogen and oxygen atoms in total. The van der Waals surface area contributed by atoms with Crippen LogP contribution in [-0.4, -0.2) is 64.7 Å². The van der Waals surface area contributed by atoms with Crippen molar-refractivity contribution >= 4 is 18.0 Å². The lowest BCUT2D eigenvalue weighted by Crippen LogP contribution is -2.45. The van der Waals surface area contributed by atoms with Crippen LogP contribution in [0.3, 0.4) is 0 Å². The van der Waals surface area contributed by atoms with Gasteiger partial charge in [-0.2, -0.15) is 0 Å². The van der Waals surface area contributed by atoms with Gasteiger partial charge in [-0.3, -0.25) is 9.80 Å². The molecule has 0 unspecified atom stereocenters. The van der Waals surface area contributed by atoms with Crippen LogP contribution in [0.5, 0.6) is 5.75 Å². The maximum absolute atomic E-state index is 9.10. The molecular formula is C29H32N2O5. The Morgan fingerprint density at radius 1 is 0.722 bits per heavy atom. The van der Waals surface area contributed by atoms with Gasteiger partial charge in [-0.05, 0) is 28.8 Å². The van der Waals surface area contributed by atoms with E-state index < -0.39 is 11.9 Å². The van der Waals surface area contributed by atoms with Gasteiger partial charge in [0.25, 0.3) is 0 Å². The lowest BCUT2D eigenvalue weighted by Gasteiger charge is -2.34. The molecule has 3 aromatic rings. The van der Waals surface area contributed by atoms with Crippen LogP contribution in [0.1, 0.15) is 16.7 Å². The average Bonchev–Trinajstić information content (AvgIpc) is 2.91. The number of hydrogen-bond donors (Lipinski definition) is 2. The molecule has 36 heavy (non-hydrogen) atoms. The van der Waals surface area contributed by atoms with Gasteiger partial charge in [0.1, 0.15) is 12.4 Å². The summed E-state index contributed by atoms with van der Waals surface area (Å²) in [6.45, 7) is 7.12. The summed E-state index contributed by atoms with van der Waals surface area (Å²) >= 11 is 0. The maximum atomic E-state index is 9.10. The summed E-state index contributed by atoms with van der Waals surface area (Å²) < 4.78 is 5.89. The second-order valence-electron chi connectivity index (χ2n) is 8.42. The van der Waals surface area contributed by atoms with Crippen molar-refractivity contribution < 1.29 is 24.5 Å². The number of piperazine rings is 1. The van der Waals surface area contributed by atoms with Crippen molar-refractivity contribution in [2.45, 2.75) is 13.2 Å². The molecule has 188 valence electrons. The number of ether oxygens (including phenoxy) is 1. The molecule has 1 saturated heterocycles. The van der Waals surface area contributed by atoms with E-state index in [0.29, 0.717) is 6.61 Å². The lowest BCUT2D eigenvalue weighted by molar-refractivity contribution is -0.159. The van der Waals surface area contributed by atoms with Gasteiger partial charge in [-0.15, -0.1) is 0 Å². The number of benzene rings is 3. The predicted octanol–water partition coefficient (Wildman–Crippen LogP) is 4.25. The van der Waals surface area contributed by atoms with Crippen LogP contribution in [0.15, 0.2) is 91.0 Å². The highest BCUT2D eigenvalue weighted by Crippen LogP contribution is 2.16. The highest BCUT2D eigenvalue weighted by molar-refractivity contribution is 6.27. The number of carboxylic acids is 2.